The van der Waals surface area contributed by atoms with Crippen molar-refractivity contribution in [2.45, 2.75) is 25.7 Å². The van der Waals surface area contributed by atoms with Crippen LogP contribution in [0.5, 0.6) is 0 Å². The van der Waals surface area contributed by atoms with Crippen LogP contribution < -0.4 is 14.9 Å². The van der Waals surface area contributed by atoms with Gasteiger partial charge in [-0.2, -0.15) is 0 Å². The number of hydrogen-bond acceptors (Lipinski definition) is 7. The van der Waals surface area contributed by atoms with Gasteiger partial charge in [-0.3, -0.25) is 0 Å². The molecule has 90 valence electrons. The minimum Gasteiger partial charge on any atom is -0.790 e. The van der Waals surface area contributed by atoms with E-state index in [1.165, 1.54) is 0 Å². The SMILES string of the molecule is O=C([O-])OCCCCCCOP(=O)([O-])[O-]. The lowest BCUT2D eigenvalue weighted by molar-refractivity contribution is -0.341. The smallest absolute Gasteiger partial charge is 0.251 e. The summed E-state index contributed by atoms with van der Waals surface area (Å²) in [5.74, 6) is 0. The fourth-order valence-electron chi connectivity index (χ4n) is 0.890. The lowest BCUT2D eigenvalue weighted by Crippen LogP contribution is -2.23. The van der Waals surface area contributed by atoms with E-state index < -0.39 is 14.0 Å². The summed E-state index contributed by atoms with van der Waals surface area (Å²) in [6.07, 6.45) is 0.701. The molecule has 0 unspecified atom stereocenters. The Labute approximate surface area is 87.2 Å². The van der Waals surface area contributed by atoms with Gasteiger partial charge in [-0.05, 0) is 12.8 Å². The number of hydrogen-bond donors (Lipinski definition) is 0. The van der Waals surface area contributed by atoms with E-state index in [-0.39, 0.29) is 13.2 Å². The highest BCUT2D eigenvalue weighted by atomic mass is 31.2. The van der Waals surface area contributed by atoms with Crippen LogP contribution in [-0.2, 0) is 13.8 Å². The Bertz CT molecular complexity index is 223. The molecule has 0 aliphatic heterocycles. The molecule has 0 bridgehead atoms. The van der Waals surface area contributed by atoms with Crippen molar-refractivity contribution in [3.05, 3.63) is 0 Å². The monoisotopic (exact) mass is 239 g/mol. The predicted octanol–water partition coefficient (Wildman–Crippen LogP) is -1.25. The van der Waals surface area contributed by atoms with Crippen LogP contribution in [0.2, 0.25) is 0 Å². The summed E-state index contributed by atoms with van der Waals surface area (Å²) in [5, 5.41) is 9.79. The second-order valence-corrected chi connectivity index (χ2v) is 3.95. The van der Waals surface area contributed by atoms with Crippen LogP contribution in [0.4, 0.5) is 4.79 Å². The maximum absolute atomic E-state index is 10.00. The molecule has 8 heteroatoms. The summed E-state index contributed by atoms with van der Waals surface area (Å²) >= 11 is 0. The van der Waals surface area contributed by atoms with Gasteiger partial charge < -0.3 is 33.5 Å². The third kappa shape index (κ3) is 13.4. The van der Waals surface area contributed by atoms with Crippen molar-refractivity contribution in [1.82, 2.24) is 0 Å². The average molecular weight is 239 g/mol. The highest BCUT2D eigenvalue weighted by Crippen LogP contribution is 2.24. The van der Waals surface area contributed by atoms with E-state index >= 15 is 0 Å². The zero-order chi connectivity index (χ0) is 11.7. The number of carboxylic acid groups (broad SMARTS) is 1. The second-order valence-electron chi connectivity index (χ2n) is 2.79. The number of ether oxygens (including phenoxy) is 1. The normalized spacial score (nSPS) is 11.3. The Morgan fingerprint density at radius 2 is 1.60 bits per heavy atom. The molecule has 0 saturated carbocycles. The lowest BCUT2D eigenvalue weighted by atomic mass is 10.2. The zero-order valence-electron chi connectivity index (χ0n) is 8.05. The Balaban J connectivity index is 3.12. The molecular formula is C7H12O7P-3. The van der Waals surface area contributed by atoms with Crippen LogP contribution in [0.3, 0.4) is 0 Å². The van der Waals surface area contributed by atoms with E-state index in [0.29, 0.717) is 25.7 Å². The van der Waals surface area contributed by atoms with Crippen LogP contribution in [0, 0.1) is 0 Å². The van der Waals surface area contributed by atoms with Gasteiger partial charge in [-0.1, -0.05) is 12.8 Å². The number of carbonyl (C=O) groups excluding carboxylic acids is 1. The van der Waals surface area contributed by atoms with Gasteiger partial charge in [-0.25, -0.2) is 0 Å². The third-order valence-corrected chi connectivity index (χ3v) is 2.01. The Morgan fingerprint density at radius 3 is 2.07 bits per heavy atom. The quantitative estimate of drug-likeness (QED) is 0.294. The number of rotatable bonds is 8. The first-order valence-electron chi connectivity index (χ1n) is 4.42. The molecule has 7 nitrogen and oxygen atoms in total. The van der Waals surface area contributed by atoms with Crippen LogP contribution in [-0.4, -0.2) is 19.4 Å². The molecule has 0 saturated heterocycles. The number of phosphoric acid groups is 1. The number of carbonyl (C=O) groups is 1. The average Bonchev–Trinajstić information content (AvgIpc) is 2.07. The molecule has 0 aliphatic carbocycles. The van der Waals surface area contributed by atoms with E-state index in [1.807, 2.05) is 0 Å². The highest BCUT2D eigenvalue weighted by molar-refractivity contribution is 7.43. The zero-order valence-corrected chi connectivity index (χ0v) is 8.94. The van der Waals surface area contributed by atoms with Gasteiger partial charge in [0.05, 0.1) is 14.4 Å². The van der Waals surface area contributed by atoms with Crippen molar-refractivity contribution < 1.29 is 33.5 Å². The summed E-state index contributed by atoms with van der Waals surface area (Å²) in [6, 6.07) is 0. The lowest BCUT2D eigenvalue weighted by Gasteiger charge is -2.28. The van der Waals surface area contributed by atoms with Crippen molar-refractivity contribution in [3.63, 3.8) is 0 Å². The van der Waals surface area contributed by atoms with Crippen LogP contribution >= 0.6 is 7.82 Å². The molecule has 0 aromatic rings. The fraction of sp³-hybridized carbons (Fsp3) is 0.857. The first-order chi connectivity index (χ1) is 6.92. The van der Waals surface area contributed by atoms with E-state index in [9.17, 15) is 24.3 Å². The Kier molecular flexibility index (Phi) is 7.33. The molecule has 15 heavy (non-hydrogen) atoms. The van der Waals surface area contributed by atoms with E-state index in [2.05, 4.69) is 9.26 Å². The molecule has 0 aromatic heterocycles. The fourth-order valence-corrected chi connectivity index (χ4v) is 1.24. The molecule has 0 rings (SSSR count). The van der Waals surface area contributed by atoms with Crippen molar-refractivity contribution in [1.29, 1.82) is 0 Å². The van der Waals surface area contributed by atoms with Crippen LogP contribution in [0.25, 0.3) is 0 Å². The maximum Gasteiger partial charge on any atom is 0.251 e. The topological polar surface area (TPSA) is 122 Å². The van der Waals surface area contributed by atoms with Crippen LogP contribution in [0.1, 0.15) is 25.7 Å². The first kappa shape index (κ1) is 14.4. The van der Waals surface area contributed by atoms with Crippen LogP contribution in [0.15, 0.2) is 0 Å². The Hall–Kier alpha value is -0.620. The molecule has 0 fully saturated rings. The minimum atomic E-state index is -4.85. The minimum absolute atomic E-state index is 0.0603. The van der Waals surface area contributed by atoms with Crippen molar-refractivity contribution in [3.8, 4) is 0 Å². The maximum atomic E-state index is 10.00. The van der Waals surface area contributed by atoms with Gasteiger partial charge in [0.25, 0.3) is 6.16 Å². The summed E-state index contributed by atoms with van der Waals surface area (Å²) in [5.41, 5.74) is 0. The van der Waals surface area contributed by atoms with Gasteiger partial charge in [0, 0.05) is 6.61 Å². The molecule has 0 N–H and O–H groups in total. The molecule has 0 radical (unpaired) electrons. The van der Waals surface area contributed by atoms with Crippen molar-refractivity contribution >= 4 is 14.0 Å². The number of unbranched alkanes of at least 4 members (excludes halogenated alkanes) is 3. The van der Waals surface area contributed by atoms with Crippen molar-refractivity contribution in [2.24, 2.45) is 0 Å². The van der Waals surface area contributed by atoms with Gasteiger partial charge in [0.15, 0.2) is 0 Å². The van der Waals surface area contributed by atoms with E-state index in [1.54, 1.807) is 0 Å². The second kappa shape index (κ2) is 7.64. The first-order valence-corrected chi connectivity index (χ1v) is 5.88. The van der Waals surface area contributed by atoms with Gasteiger partial charge >= 0.3 is 0 Å². The van der Waals surface area contributed by atoms with E-state index in [4.69, 9.17) is 0 Å². The Morgan fingerprint density at radius 1 is 1.07 bits per heavy atom. The summed E-state index contributed by atoms with van der Waals surface area (Å²) in [4.78, 5) is 29.8. The standard InChI is InChI=1S/C7H15O7P/c8-7(9)13-5-3-1-2-4-6-14-15(10,11)12/h1-6H2,(H,8,9)(H2,10,11,12)/p-3. The van der Waals surface area contributed by atoms with Gasteiger partial charge in [-0.15, -0.1) is 0 Å². The third-order valence-electron chi connectivity index (χ3n) is 1.51. The summed E-state index contributed by atoms with van der Waals surface area (Å²) in [6.45, 7) is -0.0730. The molecule has 0 aliphatic rings. The largest absolute Gasteiger partial charge is 0.790 e. The molecule has 0 atom stereocenters. The van der Waals surface area contributed by atoms with Gasteiger partial charge in [0.1, 0.15) is 0 Å². The molecule has 0 heterocycles. The molecule has 0 amide bonds. The molecule has 0 aromatic carbocycles. The predicted molar refractivity (Wildman–Crippen MR) is 43.4 cm³/mol. The van der Waals surface area contributed by atoms with Crippen molar-refractivity contribution in [2.75, 3.05) is 13.2 Å². The highest BCUT2D eigenvalue weighted by Gasteiger charge is 1.93. The molecular weight excluding hydrogens is 227 g/mol. The van der Waals surface area contributed by atoms with Gasteiger partial charge in [0.2, 0.25) is 0 Å². The summed E-state index contributed by atoms with van der Waals surface area (Å²) in [7, 11) is -4.85. The van der Waals surface area contributed by atoms with E-state index in [0.717, 1.165) is 0 Å². The number of phosphoric ester groups is 1. The summed E-state index contributed by atoms with van der Waals surface area (Å²) < 4.78 is 18.1. The molecule has 0 spiro atoms.